The molecule has 1 saturated heterocycles. The fourth-order valence-electron chi connectivity index (χ4n) is 3.22. The Labute approximate surface area is 221 Å². The lowest BCUT2D eigenvalue weighted by atomic mass is 10.1. The first-order valence-corrected chi connectivity index (χ1v) is 13.0. The van der Waals surface area contributed by atoms with Gasteiger partial charge in [-0.1, -0.05) is 66.2 Å². The first kappa shape index (κ1) is 24.3. The average Bonchev–Trinajstić information content (AvgIpc) is 3.13. The number of hydrogen-bond acceptors (Lipinski definition) is 4. The van der Waals surface area contributed by atoms with Crippen molar-refractivity contribution in [1.82, 2.24) is 5.32 Å². The van der Waals surface area contributed by atoms with E-state index in [0.29, 0.717) is 21.6 Å². The molecule has 3 aromatic carbocycles. The molecular formula is C25H21Cl2IN2O2S. The van der Waals surface area contributed by atoms with Crippen LogP contribution in [0.5, 0.6) is 5.75 Å². The highest BCUT2D eigenvalue weighted by Crippen LogP contribution is 2.32. The van der Waals surface area contributed by atoms with E-state index >= 15 is 0 Å². The number of aryl methyl sites for hydroxylation is 1. The van der Waals surface area contributed by atoms with Crippen LogP contribution in [0.1, 0.15) is 23.6 Å². The van der Waals surface area contributed by atoms with Gasteiger partial charge < -0.3 is 15.4 Å². The van der Waals surface area contributed by atoms with Crippen LogP contribution >= 0.6 is 57.6 Å². The lowest BCUT2D eigenvalue weighted by molar-refractivity contribution is -0.116. The third-order valence-electron chi connectivity index (χ3n) is 5.04. The minimum atomic E-state index is -0.206. The van der Waals surface area contributed by atoms with E-state index in [4.69, 9.17) is 27.9 Å². The summed E-state index contributed by atoms with van der Waals surface area (Å²) in [5.74, 6) is 0.665. The fraction of sp³-hybridized carbons (Fsp3) is 0.160. The van der Waals surface area contributed by atoms with Crippen molar-refractivity contribution in [1.29, 1.82) is 0 Å². The van der Waals surface area contributed by atoms with E-state index in [1.54, 1.807) is 12.1 Å². The summed E-state index contributed by atoms with van der Waals surface area (Å²) in [5, 5.41) is 7.49. The number of amides is 1. The van der Waals surface area contributed by atoms with Crippen LogP contribution in [0.25, 0.3) is 6.08 Å². The minimum absolute atomic E-state index is 0.0876. The second-order valence-electron chi connectivity index (χ2n) is 7.39. The molecule has 1 aliphatic heterocycles. The lowest BCUT2D eigenvalue weighted by Gasteiger charge is -2.13. The SMILES string of the molecule is CCc1ccc(N[C@H]2NC(=O)/C(=C/c3ccc(OCc4ccc(Cl)cc4Cl)c(I)c3)S2)cc1. The molecule has 0 radical (unpaired) electrons. The van der Waals surface area contributed by atoms with E-state index in [9.17, 15) is 4.79 Å². The quantitative estimate of drug-likeness (QED) is 0.217. The maximum atomic E-state index is 12.5. The Hall–Kier alpha value is -1.87. The topological polar surface area (TPSA) is 50.4 Å². The highest BCUT2D eigenvalue weighted by molar-refractivity contribution is 14.1. The zero-order chi connectivity index (χ0) is 23.4. The number of nitrogens with one attached hydrogen (secondary N) is 2. The summed E-state index contributed by atoms with van der Waals surface area (Å²) in [5.41, 5.74) is 3.85. The van der Waals surface area contributed by atoms with E-state index in [1.165, 1.54) is 17.3 Å². The maximum Gasteiger partial charge on any atom is 0.260 e. The molecule has 4 rings (SSSR count). The Kier molecular flexibility index (Phi) is 8.11. The summed E-state index contributed by atoms with van der Waals surface area (Å²) in [6, 6.07) is 19.4. The summed E-state index contributed by atoms with van der Waals surface area (Å²) >= 11 is 15.9. The third-order valence-corrected chi connectivity index (χ3v) is 7.50. The molecule has 33 heavy (non-hydrogen) atoms. The standard InChI is InChI=1S/C25H21Cl2IN2O2S/c1-2-15-3-8-19(9-4-15)29-25-30-24(31)23(33-25)12-16-5-10-22(21(28)11-16)32-14-17-6-7-18(26)13-20(17)27/h3-13,25,29H,2,14H2,1H3,(H,30,31)/b23-12-/t25-/m0/s1. The number of benzene rings is 3. The van der Waals surface area contributed by atoms with Gasteiger partial charge in [-0.25, -0.2) is 0 Å². The summed E-state index contributed by atoms with van der Waals surface area (Å²) in [4.78, 5) is 13.1. The summed E-state index contributed by atoms with van der Waals surface area (Å²) in [6.45, 7) is 2.47. The molecule has 0 bridgehead atoms. The van der Waals surface area contributed by atoms with Gasteiger partial charge in [-0.2, -0.15) is 0 Å². The van der Waals surface area contributed by atoms with Crippen LogP contribution < -0.4 is 15.4 Å². The smallest absolute Gasteiger partial charge is 0.260 e. The first-order chi connectivity index (χ1) is 15.9. The Balaban J connectivity index is 1.39. The summed E-state index contributed by atoms with van der Waals surface area (Å²) in [6.07, 6.45) is 2.89. The van der Waals surface area contributed by atoms with E-state index in [-0.39, 0.29) is 11.4 Å². The monoisotopic (exact) mass is 610 g/mol. The van der Waals surface area contributed by atoms with Crippen molar-refractivity contribution in [3.05, 3.63) is 95.9 Å². The first-order valence-electron chi connectivity index (χ1n) is 10.3. The number of halogens is 3. The van der Waals surface area contributed by atoms with Gasteiger partial charge in [0.2, 0.25) is 0 Å². The van der Waals surface area contributed by atoms with Crippen molar-refractivity contribution in [2.45, 2.75) is 25.4 Å². The lowest BCUT2D eigenvalue weighted by Crippen LogP contribution is -2.30. The number of rotatable bonds is 7. The molecule has 0 unspecified atom stereocenters. The minimum Gasteiger partial charge on any atom is -0.488 e. The molecule has 4 nitrogen and oxygen atoms in total. The predicted molar refractivity (Wildman–Crippen MR) is 147 cm³/mol. The molecule has 0 saturated carbocycles. The van der Waals surface area contributed by atoms with Gasteiger partial charge >= 0.3 is 0 Å². The molecule has 1 atom stereocenters. The second kappa shape index (κ2) is 11.0. The number of thioether (sulfide) groups is 1. The van der Waals surface area contributed by atoms with Crippen molar-refractivity contribution in [3.8, 4) is 5.75 Å². The molecule has 1 fully saturated rings. The van der Waals surface area contributed by atoms with Crippen LogP contribution in [-0.4, -0.2) is 11.4 Å². The largest absolute Gasteiger partial charge is 0.488 e. The van der Waals surface area contributed by atoms with Crippen molar-refractivity contribution < 1.29 is 9.53 Å². The molecule has 170 valence electrons. The Morgan fingerprint density at radius 3 is 2.61 bits per heavy atom. The van der Waals surface area contributed by atoms with E-state index < -0.39 is 0 Å². The third kappa shape index (κ3) is 6.38. The molecule has 1 aliphatic rings. The van der Waals surface area contributed by atoms with Crippen LogP contribution in [-0.2, 0) is 17.8 Å². The van der Waals surface area contributed by atoms with Gasteiger partial charge in [-0.15, -0.1) is 0 Å². The Bertz CT molecular complexity index is 1200. The molecule has 0 spiro atoms. The van der Waals surface area contributed by atoms with Gasteiger partial charge in [0.05, 0.1) is 8.48 Å². The van der Waals surface area contributed by atoms with Crippen LogP contribution in [0.2, 0.25) is 10.0 Å². The highest BCUT2D eigenvalue weighted by atomic mass is 127. The van der Waals surface area contributed by atoms with Gasteiger partial charge in [-0.3, -0.25) is 4.79 Å². The van der Waals surface area contributed by atoms with E-state index in [2.05, 4.69) is 52.3 Å². The zero-order valence-corrected chi connectivity index (χ0v) is 22.2. The Morgan fingerprint density at radius 2 is 1.91 bits per heavy atom. The van der Waals surface area contributed by atoms with Crippen molar-refractivity contribution in [2.24, 2.45) is 0 Å². The van der Waals surface area contributed by atoms with Gasteiger partial charge in [0.1, 0.15) is 12.4 Å². The normalized spacial score (nSPS) is 16.7. The number of anilines is 1. The van der Waals surface area contributed by atoms with Crippen molar-refractivity contribution in [3.63, 3.8) is 0 Å². The van der Waals surface area contributed by atoms with Crippen LogP contribution in [0.3, 0.4) is 0 Å². The van der Waals surface area contributed by atoms with Crippen molar-refractivity contribution in [2.75, 3.05) is 5.32 Å². The van der Waals surface area contributed by atoms with Crippen LogP contribution in [0.4, 0.5) is 5.69 Å². The number of carbonyl (C=O) groups excluding carboxylic acids is 1. The van der Waals surface area contributed by atoms with Crippen molar-refractivity contribution >= 4 is 75.2 Å². The van der Waals surface area contributed by atoms with Gasteiger partial charge in [0, 0.05) is 21.3 Å². The van der Waals surface area contributed by atoms with Crippen LogP contribution in [0, 0.1) is 3.57 Å². The Morgan fingerprint density at radius 1 is 1.12 bits per heavy atom. The van der Waals surface area contributed by atoms with Crippen LogP contribution in [0.15, 0.2) is 65.6 Å². The molecule has 3 aromatic rings. The van der Waals surface area contributed by atoms with Gasteiger partial charge in [-0.05, 0) is 82.6 Å². The number of hydrogen-bond donors (Lipinski definition) is 2. The molecule has 2 N–H and O–H groups in total. The number of carbonyl (C=O) groups is 1. The van der Waals surface area contributed by atoms with Gasteiger partial charge in [0.15, 0.2) is 5.50 Å². The molecule has 1 heterocycles. The molecule has 8 heteroatoms. The molecular weight excluding hydrogens is 590 g/mol. The summed E-state index contributed by atoms with van der Waals surface area (Å²) < 4.78 is 6.88. The average molecular weight is 611 g/mol. The van der Waals surface area contributed by atoms with Gasteiger partial charge in [0.25, 0.3) is 5.91 Å². The number of ether oxygens (including phenoxy) is 1. The molecule has 1 amide bonds. The fourth-order valence-corrected chi connectivity index (χ4v) is 5.37. The second-order valence-corrected chi connectivity index (χ2v) is 10.5. The van der Waals surface area contributed by atoms with E-state index in [0.717, 1.165) is 32.6 Å². The molecule has 0 aliphatic carbocycles. The summed E-state index contributed by atoms with van der Waals surface area (Å²) in [7, 11) is 0. The maximum absolute atomic E-state index is 12.5. The highest BCUT2D eigenvalue weighted by Gasteiger charge is 2.27. The zero-order valence-electron chi connectivity index (χ0n) is 17.7. The predicted octanol–water partition coefficient (Wildman–Crippen LogP) is 7.34. The van der Waals surface area contributed by atoms with E-state index in [1.807, 2.05) is 42.5 Å². The molecule has 0 aromatic heterocycles.